The van der Waals surface area contributed by atoms with Gasteiger partial charge >= 0.3 is 6.03 Å². The van der Waals surface area contributed by atoms with Crippen molar-refractivity contribution in [2.24, 2.45) is 0 Å². The molecule has 26 heavy (non-hydrogen) atoms. The van der Waals surface area contributed by atoms with Crippen LogP contribution in [0.1, 0.15) is 6.42 Å². The third-order valence-corrected chi connectivity index (χ3v) is 4.32. The predicted molar refractivity (Wildman–Crippen MR) is 97.9 cm³/mol. The SMILES string of the molecule is O=C(Nc1ccc(-c2ccn[nH]2)cc1)N1CC[C@H](Oc2cccnc2)C1. The second-order valence-electron chi connectivity index (χ2n) is 6.14. The van der Waals surface area contributed by atoms with Crippen molar-refractivity contribution < 1.29 is 9.53 Å². The van der Waals surface area contributed by atoms with Gasteiger partial charge in [-0.1, -0.05) is 12.1 Å². The van der Waals surface area contributed by atoms with Crippen LogP contribution in [-0.2, 0) is 0 Å². The molecule has 7 nitrogen and oxygen atoms in total. The van der Waals surface area contributed by atoms with E-state index in [1.54, 1.807) is 23.5 Å². The molecule has 0 unspecified atom stereocenters. The van der Waals surface area contributed by atoms with Gasteiger partial charge in [0, 0.05) is 31.0 Å². The van der Waals surface area contributed by atoms with E-state index in [-0.39, 0.29) is 12.1 Å². The van der Waals surface area contributed by atoms with Crippen LogP contribution in [0.4, 0.5) is 10.5 Å². The summed E-state index contributed by atoms with van der Waals surface area (Å²) in [6.45, 7) is 1.23. The number of carbonyl (C=O) groups is 1. The van der Waals surface area contributed by atoms with Crippen molar-refractivity contribution in [1.29, 1.82) is 0 Å². The Balaban J connectivity index is 1.32. The molecule has 3 heterocycles. The number of pyridine rings is 1. The Hall–Kier alpha value is -3.35. The quantitative estimate of drug-likeness (QED) is 0.758. The van der Waals surface area contributed by atoms with Crippen molar-refractivity contribution in [3.8, 4) is 17.0 Å². The van der Waals surface area contributed by atoms with Crippen LogP contribution >= 0.6 is 0 Å². The number of hydrogen-bond donors (Lipinski definition) is 2. The molecular formula is C19H19N5O2. The van der Waals surface area contributed by atoms with Crippen LogP contribution in [0.5, 0.6) is 5.75 Å². The number of anilines is 1. The van der Waals surface area contributed by atoms with Gasteiger partial charge < -0.3 is 15.0 Å². The number of urea groups is 1. The lowest BCUT2D eigenvalue weighted by Crippen LogP contribution is -2.34. The molecule has 2 aromatic heterocycles. The van der Waals surface area contributed by atoms with Gasteiger partial charge in [-0.25, -0.2) is 4.79 Å². The molecule has 4 rings (SSSR count). The van der Waals surface area contributed by atoms with Gasteiger partial charge in [0.2, 0.25) is 0 Å². The summed E-state index contributed by atoms with van der Waals surface area (Å²) >= 11 is 0. The molecule has 1 atom stereocenters. The minimum atomic E-state index is -0.114. The largest absolute Gasteiger partial charge is 0.487 e. The number of amides is 2. The molecule has 1 aromatic carbocycles. The fourth-order valence-corrected chi connectivity index (χ4v) is 2.97. The van der Waals surface area contributed by atoms with Crippen LogP contribution < -0.4 is 10.1 Å². The minimum absolute atomic E-state index is 0.00676. The third kappa shape index (κ3) is 3.66. The van der Waals surface area contributed by atoms with Crippen molar-refractivity contribution in [2.75, 3.05) is 18.4 Å². The number of carbonyl (C=O) groups excluding carboxylic acids is 1. The van der Waals surface area contributed by atoms with Crippen LogP contribution in [-0.4, -0.2) is 45.3 Å². The van der Waals surface area contributed by atoms with Gasteiger partial charge in [-0.05, 0) is 35.9 Å². The first kappa shape index (κ1) is 16.1. The molecule has 0 saturated carbocycles. The van der Waals surface area contributed by atoms with Crippen LogP contribution in [0.3, 0.4) is 0 Å². The van der Waals surface area contributed by atoms with E-state index in [0.717, 1.165) is 29.1 Å². The van der Waals surface area contributed by atoms with E-state index < -0.39 is 0 Å². The van der Waals surface area contributed by atoms with E-state index in [9.17, 15) is 4.79 Å². The Morgan fingerprint density at radius 2 is 2.08 bits per heavy atom. The van der Waals surface area contributed by atoms with E-state index in [1.807, 2.05) is 42.5 Å². The lowest BCUT2D eigenvalue weighted by atomic mass is 10.1. The highest BCUT2D eigenvalue weighted by Crippen LogP contribution is 2.21. The summed E-state index contributed by atoms with van der Waals surface area (Å²) in [5.74, 6) is 0.731. The van der Waals surface area contributed by atoms with Crippen molar-refractivity contribution in [2.45, 2.75) is 12.5 Å². The number of H-pyrrole nitrogens is 1. The highest BCUT2D eigenvalue weighted by atomic mass is 16.5. The number of ether oxygens (including phenoxy) is 1. The Kier molecular flexibility index (Phi) is 4.51. The smallest absolute Gasteiger partial charge is 0.321 e. The number of hydrogen-bond acceptors (Lipinski definition) is 4. The van der Waals surface area contributed by atoms with E-state index in [0.29, 0.717) is 13.1 Å². The Morgan fingerprint density at radius 1 is 1.19 bits per heavy atom. The maximum atomic E-state index is 12.5. The number of rotatable bonds is 4. The first-order chi connectivity index (χ1) is 12.8. The molecular weight excluding hydrogens is 330 g/mol. The lowest BCUT2D eigenvalue weighted by Gasteiger charge is -2.18. The second-order valence-corrected chi connectivity index (χ2v) is 6.14. The Morgan fingerprint density at radius 3 is 2.81 bits per heavy atom. The van der Waals surface area contributed by atoms with Gasteiger partial charge in [0.25, 0.3) is 0 Å². The summed E-state index contributed by atoms with van der Waals surface area (Å²) in [5, 5.41) is 9.79. The van der Waals surface area contributed by atoms with Crippen LogP contribution in [0, 0.1) is 0 Å². The number of aromatic amines is 1. The van der Waals surface area contributed by atoms with Crippen LogP contribution in [0.25, 0.3) is 11.3 Å². The molecule has 3 aromatic rings. The molecule has 1 aliphatic heterocycles. The summed E-state index contributed by atoms with van der Waals surface area (Å²) in [6, 6.07) is 13.2. The van der Waals surface area contributed by atoms with Crippen molar-refractivity contribution in [1.82, 2.24) is 20.1 Å². The highest BCUT2D eigenvalue weighted by molar-refractivity contribution is 5.89. The average molecular weight is 349 g/mol. The van der Waals surface area contributed by atoms with Crippen LogP contribution in [0.2, 0.25) is 0 Å². The molecule has 0 radical (unpaired) electrons. The van der Waals surface area contributed by atoms with Gasteiger partial charge in [-0.3, -0.25) is 10.1 Å². The topological polar surface area (TPSA) is 83.1 Å². The first-order valence-electron chi connectivity index (χ1n) is 8.50. The summed E-state index contributed by atoms with van der Waals surface area (Å²) in [4.78, 5) is 18.3. The highest BCUT2D eigenvalue weighted by Gasteiger charge is 2.27. The van der Waals surface area contributed by atoms with E-state index in [4.69, 9.17) is 4.74 Å². The summed E-state index contributed by atoms with van der Waals surface area (Å²) in [6.07, 6.45) is 5.90. The number of aromatic nitrogens is 3. The third-order valence-electron chi connectivity index (χ3n) is 4.32. The number of nitrogens with zero attached hydrogens (tertiary/aromatic N) is 3. The second kappa shape index (κ2) is 7.26. The fourth-order valence-electron chi connectivity index (χ4n) is 2.97. The van der Waals surface area contributed by atoms with E-state index in [1.165, 1.54) is 0 Å². The summed E-state index contributed by atoms with van der Waals surface area (Å²) in [7, 11) is 0. The van der Waals surface area contributed by atoms with E-state index >= 15 is 0 Å². The molecule has 0 aliphatic carbocycles. The maximum Gasteiger partial charge on any atom is 0.321 e. The zero-order valence-corrected chi connectivity index (χ0v) is 14.1. The lowest BCUT2D eigenvalue weighted by molar-refractivity contribution is 0.194. The normalized spacial score (nSPS) is 16.5. The number of benzene rings is 1. The monoisotopic (exact) mass is 349 g/mol. The molecule has 1 fully saturated rings. The maximum absolute atomic E-state index is 12.5. The number of nitrogens with one attached hydrogen (secondary N) is 2. The molecule has 2 amide bonds. The molecule has 132 valence electrons. The summed E-state index contributed by atoms with van der Waals surface area (Å²) < 4.78 is 5.87. The Bertz CT molecular complexity index is 849. The van der Waals surface area contributed by atoms with Crippen molar-refractivity contribution >= 4 is 11.7 Å². The van der Waals surface area contributed by atoms with Crippen molar-refractivity contribution in [3.05, 3.63) is 61.1 Å². The molecule has 1 aliphatic rings. The zero-order chi connectivity index (χ0) is 17.8. The van der Waals surface area contributed by atoms with Gasteiger partial charge in [0.1, 0.15) is 11.9 Å². The molecule has 0 spiro atoms. The minimum Gasteiger partial charge on any atom is -0.487 e. The van der Waals surface area contributed by atoms with Crippen LogP contribution in [0.15, 0.2) is 61.1 Å². The van der Waals surface area contributed by atoms with Gasteiger partial charge in [-0.15, -0.1) is 0 Å². The zero-order valence-electron chi connectivity index (χ0n) is 14.1. The molecule has 7 heteroatoms. The average Bonchev–Trinajstić information content (AvgIpc) is 3.35. The molecule has 1 saturated heterocycles. The summed E-state index contributed by atoms with van der Waals surface area (Å²) in [5.41, 5.74) is 2.72. The molecule has 2 N–H and O–H groups in total. The van der Waals surface area contributed by atoms with Gasteiger partial charge in [-0.2, -0.15) is 5.10 Å². The number of likely N-dealkylation sites (tertiary alicyclic amines) is 1. The van der Waals surface area contributed by atoms with Gasteiger partial charge in [0.15, 0.2) is 0 Å². The van der Waals surface area contributed by atoms with Crippen molar-refractivity contribution in [3.63, 3.8) is 0 Å². The van der Waals surface area contributed by atoms with E-state index in [2.05, 4.69) is 20.5 Å². The Labute approximate surface area is 151 Å². The molecule has 0 bridgehead atoms. The standard InChI is InChI=1S/C19H19N5O2/c25-19(22-15-5-3-14(4-6-15)18-7-10-21-23-18)24-11-8-17(13-24)26-16-2-1-9-20-12-16/h1-7,9-10,12,17H,8,11,13H2,(H,21,23)(H,22,25)/t17-/m0/s1. The fraction of sp³-hybridized carbons (Fsp3) is 0.211. The first-order valence-corrected chi connectivity index (χ1v) is 8.50. The predicted octanol–water partition coefficient (Wildman–Crippen LogP) is 3.16. The van der Waals surface area contributed by atoms with Gasteiger partial charge in [0.05, 0.1) is 18.4 Å².